The van der Waals surface area contributed by atoms with E-state index in [-0.39, 0.29) is 19.5 Å². The van der Waals surface area contributed by atoms with Gasteiger partial charge in [-0.05, 0) is 27.2 Å². The number of aliphatic carboxylic acids is 1. The van der Waals surface area contributed by atoms with Crippen LogP contribution in [0.25, 0.3) is 0 Å². The van der Waals surface area contributed by atoms with Gasteiger partial charge in [-0.15, -0.1) is 0 Å². The fraction of sp³-hybridized carbons (Fsp3) is 0.818. The normalized spacial score (nSPS) is 25.5. The van der Waals surface area contributed by atoms with Gasteiger partial charge in [0, 0.05) is 6.54 Å². The van der Waals surface area contributed by atoms with Crippen LogP contribution in [0.2, 0.25) is 0 Å². The molecule has 0 aromatic rings. The van der Waals surface area contributed by atoms with E-state index in [0.717, 1.165) is 0 Å². The molecule has 1 fully saturated rings. The predicted octanol–water partition coefficient (Wildman–Crippen LogP) is 1.67. The average molecular weight is 247 g/mol. The van der Waals surface area contributed by atoms with Crippen LogP contribution in [0.1, 0.15) is 27.2 Å². The van der Waals surface area contributed by atoms with Gasteiger partial charge in [0.25, 0.3) is 0 Å². The maximum absolute atomic E-state index is 13.5. The molecule has 0 bridgehead atoms. The minimum Gasteiger partial charge on any atom is -0.481 e. The smallest absolute Gasteiger partial charge is 0.410 e. The number of nitrogens with zero attached hydrogens (tertiary/aromatic N) is 1. The Kier molecular flexibility index (Phi) is 3.95. The van der Waals surface area contributed by atoms with Crippen molar-refractivity contribution in [3.63, 3.8) is 0 Å². The quantitative estimate of drug-likeness (QED) is 0.765. The van der Waals surface area contributed by atoms with Gasteiger partial charge in [0.1, 0.15) is 11.8 Å². The largest absolute Gasteiger partial charge is 0.481 e. The van der Waals surface area contributed by atoms with Gasteiger partial charge < -0.3 is 14.7 Å². The van der Waals surface area contributed by atoms with Crippen molar-refractivity contribution in [2.45, 2.75) is 39.0 Å². The number of likely N-dealkylation sites (tertiary alicyclic amines) is 1. The number of carbonyl (C=O) groups is 2. The Bertz CT molecular complexity index is 313. The van der Waals surface area contributed by atoms with Crippen LogP contribution in [0.15, 0.2) is 0 Å². The van der Waals surface area contributed by atoms with E-state index >= 15 is 0 Å². The Hall–Kier alpha value is -1.33. The molecule has 2 atom stereocenters. The Morgan fingerprint density at radius 3 is 2.41 bits per heavy atom. The van der Waals surface area contributed by atoms with Crippen LogP contribution in [0.4, 0.5) is 9.18 Å². The van der Waals surface area contributed by atoms with Crippen molar-refractivity contribution in [3.05, 3.63) is 0 Å². The highest BCUT2D eigenvalue weighted by Crippen LogP contribution is 2.22. The molecule has 0 aromatic carbocycles. The topological polar surface area (TPSA) is 66.8 Å². The van der Waals surface area contributed by atoms with Gasteiger partial charge in [0.05, 0.1) is 12.5 Å². The Morgan fingerprint density at radius 1 is 1.41 bits per heavy atom. The van der Waals surface area contributed by atoms with Gasteiger partial charge in [0.15, 0.2) is 0 Å². The summed E-state index contributed by atoms with van der Waals surface area (Å²) in [7, 11) is 0. The summed E-state index contributed by atoms with van der Waals surface area (Å²) in [5.41, 5.74) is -0.632. The number of carbonyl (C=O) groups excluding carboxylic acids is 1. The lowest BCUT2D eigenvalue weighted by molar-refractivity contribution is -0.146. The molecule has 0 saturated carbocycles. The lowest BCUT2D eigenvalue weighted by Gasteiger charge is -2.34. The van der Waals surface area contributed by atoms with E-state index in [1.54, 1.807) is 20.8 Å². The van der Waals surface area contributed by atoms with E-state index in [9.17, 15) is 14.0 Å². The van der Waals surface area contributed by atoms with Crippen molar-refractivity contribution < 1.29 is 23.8 Å². The zero-order chi connectivity index (χ0) is 13.2. The fourth-order valence-electron chi connectivity index (χ4n) is 1.68. The van der Waals surface area contributed by atoms with Crippen molar-refractivity contribution in [3.8, 4) is 0 Å². The first-order chi connectivity index (χ1) is 7.70. The zero-order valence-electron chi connectivity index (χ0n) is 10.3. The Morgan fingerprint density at radius 2 is 2.00 bits per heavy atom. The Balaban J connectivity index is 2.55. The highest BCUT2D eigenvalue weighted by Gasteiger charge is 2.37. The maximum Gasteiger partial charge on any atom is 0.410 e. The minimum atomic E-state index is -1.53. The molecule has 5 nitrogen and oxygen atoms in total. The molecule has 1 aliphatic rings. The molecule has 17 heavy (non-hydrogen) atoms. The zero-order valence-corrected chi connectivity index (χ0v) is 10.3. The van der Waals surface area contributed by atoms with E-state index in [4.69, 9.17) is 9.84 Å². The monoisotopic (exact) mass is 247 g/mol. The molecule has 1 N–H and O–H groups in total. The molecule has 1 rings (SSSR count). The molecule has 0 spiro atoms. The number of halogens is 1. The molecule has 0 radical (unpaired) electrons. The summed E-state index contributed by atoms with van der Waals surface area (Å²) in [5, 5.41) is 8.75. The summed E-state index contributed by atoms with van der Waals surface area (Å²) < 4.78 is 18.6. The number of carboxylic acids is 1. The summed E-state index contributed by atoms with van der Waals surface area (Å²) in [6.07, 6.45) is -2.01. The Labute approximate surface area is 99.5 Å². The van der Waals surface area contributed by atoms with Crippen molar-refractivity contribution in [2.75, 3.05) is 13.1 Å². The first-order valence-electron chi connectivity index (χ1n) is 5.55. The van der Waals surface area contributed by atoms with Crippen LogP contribution in [-0.4, -0.2) is 46.9 Å². The molecule has 1 saturated heterocycles. The summed E-state index contributed by atoms with van der Waals surface area (Å²) >= 11 is 0. The highest BCUT2D eigenvalue weighted by molar-refractivity contribution is 5.72. The van der Waals surface area contributed by atoms with Gasteiger partial charge in [-0.2, -0.15) is 0 Å². The van der Waals surface area contributed by atoms with Gasteiger partial charge >= 0.3 is 12.1 Å². The second-order valence-electron chi connectivity index (χ2n) is 5.18. The molecule has 6 heteroatoms. The van der Waals surface area contributed by atoms with Gasteiger partial charge in [-0.3, -0.25) is 4.79 Å². The summed E-state index contributed by atoms with van der Waals surface area (Å²) in [5.74, 6) is -2.17. The predicted molar refractivity (Wildman–Crippen MR) is 58.4 cm³/mol. The van der Waals surface area contributed by atoms with Crippen molar-refractivity contribution in [2.24, 2.45) is 5.92 Å². The van der Waals surface area contributed by atoms with Crippen LogP contribution in [0.3, 0.4) is 0 Å². The summed E-state index contributed by atoms with van der Waals surface area (Å²) in [6, 6.07) is 0. The maximum atomic E-state index is 13.5. The van der Waals surface area contributed by atoms with Crippen molar-refractivity contribution in [1.29, 1.82) is 0 Å². The van der Waals surface area contributed by atoms with E-state index in [1.807, 2.05) is 0 Å². The van der Waals surface area contributed by atoms with Gasteiger partial charge in [0.2, 0.25) is 0 Å². The summed E-state index contributed by atoms with van der Waals surface area (Å²) in [6.45, 7) is 5.17. The molecular weight excluding hydrogens is 229 g/mol. The number of amides is 1. The molecule has 1 unspecified atom stereocenters. The summed E-state index contributed by atoms with van der Waals surface area (Å²) in [4.78, 5) is 23.5. The fourth-order valence-corrected chi connectivity index (χ4v) is 1.68. The van der Waals surface area contributed by atoms with Crippen LogP contribution in [-0.2, 0) is 9.53 Å². The molecule has 1 heterocycles. The number of alkyl halides is 1. The number of piperidine rings is 1. The van der Waals surface area contributed by atoms with Crippen LogP contribution in [0.5, 0.6) is 0 Å². The van der Waals surface area contributed by atoms with Gasteiger partial charge in [-0.1, -0.05) is 0 Å². The highest BCUT2D eigenvalue weighted by atomic mass is 19.1. The minimum absolute atomic E-state index is 0.121. The standard InChI is InChI=1S/C11H18FNO4/c1-11(2,3)17-10(16)13-5-4-7(9(14)15)8(12)6-13/h7-8H,4-6H2,1-3H3,(H,14,15)/t7?,8-/m1/s1. The third-order valence-corrected chi connectivity index (χ3v) is 2.51. The second kappa shape index (κ2) is 4.89. The second-order valence-corrected chi connectivity index (χ2v) is 5.18. The lowest BCUT2D eigenvalue weighted by atomic mass is 9.95. The number of hydrogen-bond acceptors (Lipinski definition) is 3. The van der Waals surface area contributed by atoms with Crippen molar-refractivity contribution in [1.82, 2.24) is 4.90 Å². The molecule has 0 aromatic heterocycles. The number of carboxylic acid groups (broad SMARTS) is 1. The molecule has 0 aliphatic carbocycles. The van der Waals surface area contributed by atoms with Gasteiger partial charge in [-0.25, -0.2) is 9.18 Å². The first-order valence-corrected chi connectivity index (χ1v) is 5.55. The molecule has 98 valence electrons. The molecule has 1 aliphatic heterocycles. The number of hydrogen-bond donors (Lipinski definition) is 1. The van der Waals surface area contributed by atoms with E-state index in [1.165, 1.54) is 4.90 Å². The molecular formula is C11H18FNO4. The van der Waals surface area contributed by atoms with Crippen LogP contribution in [0, 0.1) is 5.92 Å². The van der Waals surface area contributed by atoms with E-state index < -0.39 is 29.8 Å². The van der Waals surface area contributed by atoms with Crippen molar-refractivity contribution >= 4 is 12.1 Å². The lowest BCUT2D eigenvalue weighted by Crippen LogP contribution is -2.48. The third-order valence-electron chi connectivity index (χ3n) is 2.51. The first kappa shape index (κ1) is 13.7. The number of ether oxygens (including phenoxy) is 1. The number of rotatable bonds is 1. The third kappa shape index (κ3) is 3.87. The molecule has 1 amide bonds. The average Bonchev–Trinajstić information content (AvgIpc) is 2.14. The van der Waals surface area contributed by atoms with Crippen LogP contribution < -0.4 is 0 Å². The van der Waals surface area contributed by atoms with E-state index in [2.05, 4.69) is 0 Å². The van der Waals surface area contributed by atoms with Crippen LogP contribution >= 0.6 is 0 Å². The van der Waals surface area contributed by atoms with E-state index in [0.29, 0.717) is 0 Å². The SMILES string of the molecule is CC(C)(C)OC(=O)N1CCC(C(=O)O)[C@H](F)C1.